The van der Waals surface area contributed by atoms with Crippen molar-refractivity contribution in [3.05, 3.63) is 34.2 Å². The van der Waals surface area contributed by atoms with Gasteiger partial charge in [0, 0.05) is 31.9 Å². The Morgan fingerprint density at radius 3 is 2.67 bits per heavy atom. The number of nitrogens with one attached hydrogen (secondary N) is 1. The molecule has 2 rings (SSSR count). The number of ether oxygens (including phenoxy) is 1. The topological polar surface area (TPSA) is 103 Å². The molecule has 24 heavy (non-hydrogen) atoms. The molecule has 1 atom stereocenters. The van der Waals surface area contributed by atoms with Crippen LogP contribution in [0.1, 0.15) is 26.3 Å². The lowest BCUT2D eigenvalue weighted by Crippen LogP contribution is -2.57. The number of amides is 1. The molecule has 0 bridgehead atoms. The van der Waals surface area contributed by atoms with Crippen LogP contribution in [-0.4, -0.2) is 63.2 Å². The van der Waals surface area contributed by atoms with Gasteiger partial charge < -0.3 is 19.7 Å². The van der Waals surface area contributed by atoms with E-state index < -0.39 is 23.7 Å². The molecule has 2 N–H and O–H groups in total. The lowest BCUT2D eigenvalue weighted by atomic mass is 10.1. The molecule has 132 valence electrons. The number of rotatable bonds is 3. The van der Waals surface area contributed by atoms with Crippen molar-refractivity contribution in [1.29, 1.82) is 0 Å². The fourth-order valence-corrected chi connectivity index (χ4v) is 2.56. The Morgan fingerprint density at radius 2 is 2.08 bits per heavy atom. The van der Waals surface area contributed by atoms with Crippen molar-refractivity contribution < 1.29 is 19.4 Å². The first-order chi connectivity index (χ1) is 11.2. The van der Waals surface area contributed by atoms with Gasteiger partial charge in [0.2, 0.25) is 5.56 Å². The molecule has 1 amide bonds. The molecule has 8 nitrogen and oxygen atoms in total. The minimum atomic E-state index is -1.01. The number of aromatic amines is 1. The molecule has 0 aromatic carbocycles. The van der Waals surface area contributed by atoms with Gasteiger partial charge in [-0.2, -0.15) is 0 Å². The van der Waals surface area contributed by atoms with E-state index in [4.69, 9.17) is 4.74 Å². The number of carboxylic acid groups (broad SMARTS) is 1. The van der Waals surface area contributed by atoms with E-state index in [1.807, 2.05) is 0 Å². The van der Waals surface area contributed by atoms with Gasteiger partial charge in [-0.05, 0) is 32.4 Å². The number of nitrogens with zero attached hydrogens (tertiary/aromatic N) is 2. The van der Waals surface area contributed by atoms with Crippen LogP contribution in [0.4, 0.5) is 4.79 Å². The summed E-state index contributed by atoms with van der Waals surface area (Å²) in [5, 5.41) is 9.49. The maximum atomic E-state index is 12.1. The molecule has 1 saturated heterocycles. The first kappa shape index (κ1) is 18.0. The van der Waals surface area contributed by atoms with Crippen LogP contribution in [0, 0.1) is 0 Å². The summed E-state index contributed by atoms with van der Waals surface area (Å²) in [5.41, 5.74) is -0.125. The zero-order valence-electron chi connectivity index (χ0n) is 14.1. The maximum absolute atomic E-state index is 12.1. The van der Waals surface area contributed by atoms with Crippen molar-refractivity contribution in [2.24, 2.45) is 0 Å². The monoisotopic (exact) mass is 337 g/mol. The first-order valence-corrected chi connectivity index (χ1v) is 7.78. The predicted molar refractivity (Wildman–Crippen MR) is 86.7 cm³/mol. The van der Waals surface area contributed by atoms with Crippen LogP contribution in [0.5, 0.6) is 0 Å². The predicted octanol–water partition coefficient (Wildman–Crippen LogP) is 0.881. The lowest BCUT2D eigenvalue weighted by Gasteiger charge is -2.39. The molecular weight excluding hydrogens is 314 g/mol. The zero-order chi connectivity index (χ0) is 17.9. The summed E-state index contributed by atoms with van der Waals surface area (Å²) in [7, 11) is 0. The second-order valence-corrected chi connectivity index (χ2v) is 6.81. The molecule has 1 unspecified atom stereocenters. The van der Waals surface area contributed by atoms with Crippen LogP contribution in [-0.2, 0) is 16.1 Å². The Hall–Kier alpha value is -2.35. The van der Waals surface area contributed by atoms with Crippen molar-refractivity contribution in [2.45, 2.75) is 39.0 Å². The van der Waals surface area contributed by atoms with E-state index in [-0.39, 0.29) is 12.1 Å². The van der Waals surface area contributed by atoms with Crippen LogP contribution in [0.25, 0.3) is 0 Å². The fraction of sp³-hybridized carbons (Fsp3) is 0.562. The number of H-pyrrole nitrogens is 1. The second kappa shape index (κ2) is 7.04. The van der Waals surface area contributed by atoms with E-state index in [9.17, 15) is 19.5 Å². The van der Waals surface area contributed by atoms with Crippen LogP contribution < -0.4 is 5.56 Å². The molecule has 0 spiro atoms. The van der Waals surface area contributed by atoms with Gasteiger partial charge in [-0.1, -0.05) is 0 Å². The largest absolute Gasteiger partial charge is 0.480 e. The molecule has 1 aromatic heterocycles. The Labute approximate surface area is 140 Å². The third kappa shape index (κ3) is 4.82. The summed E-state index contributed by atoms with van der Waals surface area (Å²) in [5.74, 6) is -1.01. The third-order valence-electron chi connectivity index (χ3n) is 3.65. The number of carbonyl (C=O) groups is 2. The van der Waals surface area contributed by atoms with Gasteiger partial charge >= 0.3 is 12.1 Å². The van der Waals surface area contributed by atoms with Crippen molar-refractivity contribution in [3.63, 3.8) is 0 Å². The van der Waals surface area contributed by atoms with Gasteiger partial charge in [0.25, 0.3) is 0 Å². The number of hydrogen-bond donors (Lipinski definition) is 2. The summed E-state index contributed by atoms with van der Waals surface area (Å²) in [6.45, 7) is 6.45. The lowest BCUT2D eigenvalue weighted by molar-refractivity contribution is -0.145. The van der Waals surface area contributed by atoms with Gasteiger partial charge in [0.15, 0.2) is 0 Å². The van der Waals surface area contributed by atoms with Gasteiger partial charge in [0.1, 0.15) is 11.6 Å². The number of pyridine rings is 1. The summed E-state index contributed by atoms with van der Waals surface area (Å²) < 4.78 is 5.30. The highest BCUT2D eigenvalue weighted by Gasteiger charge is 2.35. The van der Waals surface area contributed by atoms with Crippen molar-refractivity contribution in [1.82, 2.24) is 14.8 Å². The standard InChI is InChI=1S/C16H23N3O5/c1-16(2,3)24-15(23)19-7-6-18(12(10-19)14(21)22)9-11-4-5-17-13(20)8-11/h4-5,8,12H,6-7,9-10H2,1-3H3,(H,17,20)(H,21,22). The minimum absolute atomic E-state index is 0.0490. The molecule has 0 aliphatic carbocycles. The summed E-state index contributed by atoms with van der Waals surface area (Å²) >= 11 is 0. The molecule has 1 aliphatic rings. The molecule has 8 heteroatoms. The van der Waals surface area contributed by atoms with E-state index in [1.165, 1.54) is 17.2 Å². The normalized spacial score (nSPS) is 19.1. The molecule has 0 saturated carbocycles. The van der Waals surface area contributed by atoms with Crippen molar-refractivity contribution in [3.8, 4) is 0 Å². The maximum Gasteiger partial charge on any atom is 0.410 e. The number of aromatic nitrogens is 1. The number of hydrogen-bond acceptors (Lipinski definition) is 5. The van der Waals surface area contributed by atoms with Crippen LogP contribution in [0.15, 0.2) is 23.1 Å². The first-order valence-electron chi connectivity index (χ1n) is 7.78. The Bertz CT molecular complexity index is 664. The smallest absolute Gasteiger partial charge is 0.410 e. The SMILES string of the molecule is CC(C)(C)OC(=O)N1CCN(Cc2cc[nH]c(=O)c2)C(C(=O)O)C1. The van der Waals surface area contributed by atoms with E-state index in [1.54, 1.807) is 31.7 Å². The fourth-order valence-electron chi connectivity index (χ4n) is 2.56. The second-order valence-electron chi connectivity index (χ2n) is 6.81. The summed E-state index contributed by atoms with van der Waals surface area (Å²) in [6, 6.07) is 2.34. The Kier molecular flexibility index (Phi) is 5.28. The number of piperazine rings is 1. The molecule has 1 aliphatic heterocycles. The number of carboxylic acids is 1. The zero-order valence-corrected chi connectivity index (χ0v) is 14.1. The van der Waals surface area contributed by atoms with E-state index in [2.05, 4.69) is 4.98 Å². The van der Waals surface area contributed by atoms with Crippen LogP contribution in [0.2, 0.25) is 0 Å². The molecule has 0 radical (unpaired) electrons. The molecular formula is C16H23N3O5. The number of aliphatic carboxylic acids is 1. The van der Waals surface area contributed by atoms with Crippen molar-refractivity contribution >= 4 is 12.1 Å². The van der Waals surface area contributed by atoms with Crippen LogP contribution in [0.3, 0.4) is 0 Å². The minimum Gasteiger partial charge on any atom is -0.480 e. The van der Waals surface area contributed by atoms with Gasteiger partial charge in [-0.3, -0.25) is 14.5 Å². The highest BCUT2D eigenvalue weighted by Crippen LogP contribution is 2.17. The average Bonchev–Trinajstić information content (AvgIpc) is 2.45. The van der Waals surface area contributed by atoms with Gasteiger partial charge in [-0.25, -0.2) is 4.79 Å². The van der Waals surface area contributed by atoms with E-state index in [0.29, 0.717) is 19.6 Å². The van der Waals surface area contributed by atoms with E-state index in [0.717, 1.165) is 5.56 Å². The summed E-state index contributed by atoms with van der Waals surface area (Å²) in [4.78, 5) is 40.8. The van der Waals surface area contributed by atoms with Gasteiger partial charge in [-0.15, -0.1) is 0 Å². The quantitative estimate of drug-likeness (QED) is 0.849. The molecule has 1 aromatic rings. The highest BCUT2D eigenvalue weighted by molar-refractivity contribution is 5.76. The molecule has 1 fully saturated rings. The Balaban J connectivity index is 2.07. The average molecular weight is 337 g/mol. The van der Waals surface area contributed by atoms with Gasteiger partial charge in [0.05, 0.1) is 6.54 Å². The molecule has 2 heterocycles. The summed E-state index contributed by atoms with van der Waals surface area (Å²) in [6.07, 6.45) is 1.02. The third-order valence-corrected chi connectivity index (χ3v) is 3.65. The Morgan fingerprint density at radius 1 is 1.38 bits per heavy atom. The van der Waals surface area contributed by atoms with Crippen LogP contribution >= 0.6 is 0 Å². The van der Waals surface area contributed by atoms with Crippen molar-refractivity contribution in [2.75, 3.05) is 19.6 Å². The highest BCUT2D eigenvalue weighted by atomic mass is 16.6. The van der Waals surface area contributed by atoms with E-state index >= 15 is 0 Å². The number of carbonyl (C=O) groups excluding carboxylic acids is 1.